The zero-order chi connectivity index (χ0) is 29.0. The molecular formula is C29H37N3O7S. The molecule has 0 aliphatic carbocycles. The molecule has 1 aromatic carbocycles. The van der Waals surface area contributed by atoms with Gasteiger partial charge < -0.3 is 28.7 Å². The minimum Gasteiger partial charge on any atom is -0.493 e. The van der Waals surface area contributed by atoms with E-state index in [1.165, 1.54) is 11.8 Å². The SMILES string of the molecule is CCOC(=O)[C@@H]1CCCN(C(=O)CC2=CSC3=NC(C)=C(C(=O)OC(C)C)[C@@H](c4ccc(OC)c(OC)c4)N23)C1. The van der Waals surface area contributed by atoms with Crippen molar-refractivity contribution in [3.63, 3.8) is 0 Å². The van der Waals surface area contributed by atoms with E-state index in [1.807, 2.05) is 22.4 Å². The summed E-state index contributed by atoms with van der Waals surface area (Å²) in [7, 11) is 3.12. The summed E-state index contributed by atoms with van der Waals surface area (Å²) in [5.41, 5.74) is 2.43. The predicted octanol–water partition coefficient (Wildman–Crippen LogP) is 4.42. The van der Waals surface area contributed by atoms with Crippen molar-refractivity contribution in [1.29, 1.82) is 0 Å². The number of benzene rings is 1. The molecular weight excluding hydrogens is 534 g/mol. The third kappa shape index (κ3) is 6.14. The van der Waals surface area contributed by atoms with E-state index >= 15 is 0 Å². The highest BCUT2D eigenvalue weighted by Crippen LogP contribution is 2.46. The molecule has 40 heavy (non-hydrogen) atoms. The molecule has 1 amide bonds. The molecule has 0 aromatic heterocycles. The lowest BCUT2D eigenvalue weighted by atomic mass is 9.93. The Bertz CT molecular complexity index is 1260. The van der Waals surface area contributed by atoms with Gasteiger partial charge in [-0.3, -0.25) is 9.59 Å². The van der Waals surface area contributed by atoms with E-state index in [2.05, 4.69) is 0 Å². The molecule has 0 unspecified atom stereocenters. The Morgan fingerprint density at radius 2 is 1.90 bits per heavy atom. The lowest BCUT2D eigenvalue weighted by Gasteiger charge is -2.37. The summed E-state index contributed by atoms with van der Waals surface area (Å²) >= 11 is 1.41. The lowest BCUT2D eigenvalue weighted by molar-refractivity contribution is -0.151. The molecule has 4 rings (SSSR count). The van der Waals surface area contributed by atoms with Crippen molar-refractivity contribution >= 4 is 34.8 Å². The Balaban J connectivity index is 1.66. The summed E-state index contributed by atoms with van der Waals surface area (Å²) in [6.45, 7) is 8.41. The molecule has 11 heteroatoms. The number of carbonyl (C=O) groups excluding carboxylic acids is 3. The van der Waals surface area contributed by atoms with Gasteiger partial charge in [-0.05, 0) is 63.6 Å². The van der Waals surface area contributed by atoms with Crippen LogP contribution in [0.15, 0.2) is 45.6 Å². The number of hydrogen-bond acceptors (Lipinski definition) is 10. The number of aliphatic imine (C=N–C) groups is 1. The fourth-order valence-corrected chi connectivity index (χ4v) is 6.13. The normalized spacial score (nSPS) is 20.6. The molecule has 0 spiro atoms. The van der Waals surface area contributed by atoms with Gasteiger partial charge in [0.15, 0.2) is 16.7 Å². The van der Waals surface area contributed by atoms with Gasteiger partial charge in [-0.1, -0.05) is 17.8 Å². The first kappa shape index (κ1) is 29.5. The highest BCUT2D eigenvalue weighted by Gasteiger charge is 2.42. The molecule has 1 saturated heterocycles. The van der Waals surface area contributed by atoms with E-state index in [0.29, 0.717) is 59.8 Å². The van der Waals surface area contributed by atoms with Crippen LogP contribution in [0.5, 0.6) is 11.5 Å². The highest BCUT2D eigenvalue weighted by molar-refractivity contribution is 8.16. The number of likely N-dealkylation sites (tertiary alicyclic amines) is 1. The number of rotatable bonds is 9. The zero-order valence-corrected chi connectivity index (χ0v) is 24.7. The largest absolute Gasteiger partial charge is 0.493 e. The second kappa shape index (κ2) is 12.8. The van der Waals surface area contributed by atoms with Crippen LogP contribution in [-0.2, 0) is 23.9 Å². The molecule has 0 saturated carbocycles. The number of ether oxygens (including phenoxy) is 4. The van der Waals surface area contributed by atoms with E-state index in [0.717, 1.165) is 12.0 Å². The maximum Gasteiger partial charge on any atom is 0.338 e. The third-order valence-electron chi connectivity index (χ3n) is 7.01. The fourth-order valence-electron chi connectivity index (χ4n) is 5.17. The summed E-state index contributed by atoms with van der Waals surface area (Å²) < 4.78 is 21.8. The molecule has 0 radical (unpaired) electrons. The lowest BCUT2D eigenvalue weighted by Crippen LogP contribution is -2.44. The van der Waals surface area contributed by atoms with Crippen molar-refractivity contribution in [3.8, 4) is 11.5 Å². The fraction of sp³-hybridized carbons (Fsp3) is 0.517. The van der Waals surface area contributed by atoms with Crippen LogP contribution in [0.25, 0.3) is 0 Å². The van der Waals surface area contributed by atoms with Crippen LogP contribution in [0.4, 0.5) is 0 Å². The first-order valence-electron chi connectivity index (χ1n) is 13.5. The first-order valence-corrected chi connectivity index (χ1v) is 14.4. The summed E-state index contributed by atoms with van der Waals surface area (Å²) in [4.78, 5) is 47.7. The van der Waals surface area contributed by atoms with Crippen molar-refractivity contribution < 1.29 is 33.3 Å². The average Bonchev–Trinajstić information content (AvgIpc) is 3.33. The quantitative estimate of drug-likeness (QED) is 0.398. The number of allylic oxidation sites excluding steroid dienone is 1. The summed E-state index contributed by atoms with van der Waals surface area (Å²) in [6, 6.07) is 4.91. The van der Waals surface area contributed by atoms with Crippen molar-refractivity contribution in [2.45, 2.75) is 59.1 Å². The van der Waals surface area contributed by atoms with Gasteiger partial charge in [0, 0.05) is 18.8 Å². The van der Waals surface area contributed by atoms with Gasteiger partial charge in [-0.2, -0.15) is 0 Å². The number of amidine groups is 1. The number of nitrogens with zero attached hydrogens (tertiary/aromatic N) is 3. The summed E-state index contributed by atoms with van der Waals surface area (Å²) in [5.74, 6) is -0.0598. The molecule has 2 atom stereocenters. The minimum absolute atomic E-state index is 0.0919. The molecule has 1 fully saturated rings. The number of carbonyl (C=O) groups is 3. The second-order valence-electron chi connectivity index (χ2n) is 10.1. The second-order valence-corrected chi connectivity index (χ2v) is 10.9. The van der Waals surface area contributed by atoms with Crippen LogP contribution in [0.3, 0.4) is 0 Å². The van der Waals surface area contributed by atoms with Gasteiger partial charge in [0.25, 0.3) is 0 Å². The third-order valence-corrected chi connectivity index (χ3v) is 7.90. The van der Waals surface area contributed by atoms with Crippen molar-refractivity contribution in [2.75, 3.05) is 33.9 Å². The zero-order valence-electron chi connectivity index (χ0n) is 23.9. The van der Waals surface area contributed by atoms with E-state index in [9.17, 15) is 14.4 Å². The van der Waals surface area contributed by atoms with E-state index < -0.39 is 12.0 Å². The van der Waals surface area contributed by atoms with Gasteiger partial charge in [0.05, 0.1) is 56.6 Å². The average molecular weight is 572 g/mol. The van der Waals surface area contributed by atoms with E-state index in [4.69, 9.17) is 23.9 Å². The number of esters is 2. The number of amides is 1. The van der Waals surface area contributed by atoms with Crippen LogP contribution < -0.4 is 9.47 Å². The maximum atomic E-state index is 13.5. The predicted molar refractivity (Wildman–Crippen MR) is 152 cm³/mol. The van der Waals surface area contributed by atoms with Gasteiger partial charge in [0.2, 0.25) is 5.91 Å². The van der Waals surface area contributed by atoms with Gasteiger partial charge in [-0.25, -0.2) is 9.79 Å². The molecule has 10 nitrogen and oxygen atoms in total. The molecule has 3 heterocycles. The minimum atomic E-state index is -0.596. The molecule has 0 N–H and O–H groups in total. The first-order chi connectivity index (χ1) is 19.2. The van der Waals surface area contributed by atoms with E-state index in [1.54, 1.807) is 52.9 Å². The van der Waals surface area contributed by atoms with Crippen LogP contribution >= 0.6 is 11.8 Å². The number of methoxy groups -OCH3 is 2. The number of thioether (sulfide) groups is 1. The summed E-state index contributed by atoms with van der Waals surface area (Å²) in [6.07, 6.45) is 1.22. The molecule has 0 bridgehead atoms. The Morgan fingerprint density at radius 3 is 2.58 bits per heavy atom. The maximum absolute atomic E-state index is 13.5. The van der Waals surface area contributed by atoms with Crippen molar-refractivity contribution in [1.82, 2.24) is 9.80 Å². The highest BCUT2D eigenvalue weighted by atomic mass is 32.2. The van der Waals surface area contributed by atoms with E-state index in [-0.39, 0.29) is 30.3 Å². The number of hydrogen-bond donors (Lipinski definition) is 0. The standard InChI is InChI=1S/C29H37N3O7S/c1-7-38-27(34)20-9-8-12-31(15-20)24(33)14-21-16-40-29-30-18(4)25(28(35)39-17(2)3)26(32(21)29)19-10-11-22(36-5)23(13-19)37-6/h10-11,13,16-17,20,26H,7-9,12,14-15H2,1-6H3/t20-,26-/m1/s1. The topological polar surface area (TPSA) is 107 Å². The van der Waals surface area contributed by atoms with Crippen LogP contribution in [-0.4, -0.2) is 72.8 Å². The molecule has 1 aromatic rings. The molecule has 216 valence electrons. The Kier molecular flexibility index (Phi) is 9.44. The van der Waals surface area contributed by atoms with Gasteiger partial charge in [-0.15, -0.1) is 0 Å². The van der Waals surface area contributed by atoms with Gasteiger partial charge in [0.1, 0.15) is 0 Å². The Hall–Kier alpha value is -3.47. The number of fused-ring (bicyclic) bond motifs is 1. The Morgan fingerprint density at radius 1 is 1.15 bits per heavy atom. The number of piperidine rings is 1. The summed E-state index contributed by atoms with van der Waals surface area (Å²) in [5, 5.41) is 2.57. The van der Waals surface area contributed by atoms with Crippen molar-refractivity contribution in [3.05, 3.63) is 46.1 Å². The molecule has 3 aliphatic heterocycles. The smallest absolute Gasteiger partial charge is 0.338 e. The van der Waals surface area contributed by atoms with Crippen molar-refractivity contribution in [2.24, 2.45) is 10.9 Å². The molecule has 3 aliphatic rings. The monoisotopic (exact) mass is 571 g/mol. The Labute approximate surface area is 239 Å². The van der Waals surface area contributed by atoms with Gasteiger partial charge >= 0.3 is 11.9 Å². The van der Waals surface area contributed by atoms with Crippen LogP contribution in [0.1, 0.15) is 58.6 Å². The van der Waals surface area contributed by atoms with Crippen LogP contribution in [0.2, 0.25) is 0 Å². The van der Waals surface area contributed by atoms with Crippen LogP contribution in [0, 0.1) is 5.92 Å².